The number of carbonyl (C=O) groups is 1. The number of likely N-dealkylation sites (N-methyl/N-ethyl adjacent to an activating group) is 1. The zero-order chi connectivity index (χ0) is 13.7. The second kappa shape index (κ2) is 7.03. The molecule has 1 saturated heterocycles. The van der Waals surface area contributed by atoms with E-state index >= 15 is 0 Å². The Morgan fingerprint density at radius 1 is 1.58 bits per heavy atom. The number of hydrogen-bond donors (Lipinski definition) is 1. The van der Waals surface area contributed by atoms with Crippen molar-refractivity contribution < 1.29 is 9.53 Å². The van der Waals surface area contributed by atoms with E-state index in [0.29, 0.717) is 6.54 Å². The van der Waals surface area contributed by atoms with Gasteiger partial charge in [-0.3, -0.25) is 4.79 Å². The summed E-state index contributed by atoms with van der Waals surface area (Å²) in [6.45, 7) is 4.02. The van der Waals surface area contributed by atoms with Crippen LogP contribution in [-0.2, 0) is 16.0 Å². The summed E-state index contributed by atoms with van der Waals surface area (Å²) in [6.07, 6.45) is 2.40. The molecular weight excluding hydrogens is 260 g/mol. The van der Waals surface area contributed by atoms with Gasteiger partial charge in [0.1, 0.15) is 6.10 Å². The van der Waals surface area contributed by atoms with Crippen LogP contribution in [0.4, 0.5) is 0 Å². The molecule has 2 N–H and O–H groups in total. The summed E-state index contributed by atoms with van der Waals surface area (Å²) >= 11 is 1.74. The van der Waals surface area contributed by atoms with Gasteiger partial charge in [-0.05, 0) is 37.6 Å². The van der Waals surface area contributed by atoms with Gasteiger partial charge in [0.05, 0.1) is 6.10 Å². The van der Waals surface area contributed by atoms with Crippen molar-refractivity contribution in [3.8, 4) is 0 Å². The van der Waals surface area contributed by atoms with Gasteiger partial charge in [0.25, 0.3) is 5.91 Å². The lowest BCUT2D eigenvalue weighted by Gasteiger charge is -2.24. The summed E-state index contributed by atoms with van der Waals surface area (Å²) in [6, 6.07) is 4.16. The van der Waals surface area contributed by atoms with Crippen molar-refractivity contribution in [2.24, 2.45) is 5.73 Å². The average Bonchev–Trinajstić information content (AvgIpc) is 3.10. The summed E-state index contributed by atoms with van der Waals surface area (Å²) < 4.78 is 5.68. The molecule has 0 aliphatic carbocycles. The molecule has 5 heteroatoms. The quantitative estimate of drug-likeness (QED) is 0.863. The van der Waals surface area contributed by atoms with E-state index in [0.717, 1.165) is 32.4 Å². The molecule has 1 aromatic heterocycles. The van der Waals surface area contributed by atoms with Gasteiger partial charge in [-0.1, -0.05) is 6.07 Å². The molecule has 0 aromatic carbocycles. The maximum Gasteiger partial charge on any atom is 0.251 e. The Hall–Kier alpha value is -0.910. The van der Waals surface area contributed by atoms with E-state index < -0.39 is 0 Å². The van der Waals surface area contributed by atoms with Crippen LogP contribution in [0.5, 0.6) is 0 Å². The average molecular weight is 282 g/mol. The Morgan fingerprint density at radius 2 is 2.42 bits per heavy atom. The van der Waals surface area contributed by atoms with Crippen LogP contribution < -0.4 is 5.73 Å². The monoisotopic (exact) mass is 282 g/mol. The Kier molecular flexibility index (Phi) is 5.36. The molecule has 1 aliphatic heterocycles. The second-order valence-corrected chi connectivity index (χ2v) is 5.84. The third kappa shape index (κ3) is 3.78. The van der Waals surface area contributed by atoms with Crippen molar-refractivity contribution >= 4 is 17.2 Å². The minimum Gasteiger partial charge on any atom is -0.364 e. The number of amides is 1. The maximum atomic E-state index is 12.4. The molecule has 0 radical (unpaired) electrons. The van der Waals surface area contributed by atoms with Gasteiger partial charge >= 0.3 is 0 Å². The molecule has 2 rings (SSSR count). The zero-order valence-electron chi connectivity index (χ0n) is 11.4. The van der Waals surface area contributed by atoms with E-state index in [-0.39, 0.29) is 18.1 Å². The van der Waals surface area contributed by atoms with Crippen molar-refractivity contribution in [3.05, 3.63) is 22.4 Å². The van der Waals surface area contributed by atoms with Gasteiger partial charge in [0, 0.05) is 24.5 Å². The van der Waals surface area contributed by atoms with Crippen molar-refractivity contribution in [1.29, 1.82) is 0 Å². The van der Waals surface area contributed by atoms with Crippen LogP contribution in [0.3, 0.4) is 0 Å². The molecule has 0 unspecified atom stereocenters. The lowest BCUT2D eigenvalue weighted by molar-refractivity contribution is -0.142. The fraction of sp³-hybridized carbons (Fsp3) is 0.643. The molecule has 19 heavy (non-hydrogen) atoms. The number of nitrogens with two attached hydrogens (primary N) is 1. The molecule has 0 spiro atoms. The molecule has 2 heterocycles. The van der Waals surface area contributed by atoms with Crippen molar-refractivity contribution in [2.75, 3.05) is 19.6 Å². The lowest BCUT2D eigenvalue weighted by atomic mass is 10.1. The van der Waals surface area contributed by atoms with E-state index in [1.165, 1.54) is 4.88 Å². The highest BCUT2D eigenvalue weighted by atomic mass is 32.1. The normalized spacial score (nSPS) is 22.6. The molecule has 106 valence electrons. The summed E-state index contributed by atoms with van der Waals surface area (Å²) in [4.78, 5) is 15.6. The first-order chi connectivity index (χ1) is 9.24. The first-order valence-electron chi connectivity index (χ1n) is 6.91. The predicted molar refractivity (Wildman–Crippen MR) is 77.2 cm³/mol. The van der Waals surface area contributed by atoms with E-state index in [9.17, 15) is 4.79 Å². The highest BCUT2D eigenvalue weighted by Crippen LogP contribution is 2.21. The summed E-state index contributed by atoms with van der Waals surface area (Å²) in [5.74, 6) is 0.120. The number of hydrogen-bond acceptors (Lipinski definition) is 4. The van der Waals surface area contributed by atoms with Crippen LogP contribution in [0.2, 0.25) is 0 Å². The molecule has 0 bridgehead atoms. The topological polar surface area (TPSA) is 55.6 Å². The minimum atomic E-state index is -0.281. The third-order valence-electron chi connectivity index (χ3n) is 3.55. The lowest BCUT2D eigenvalue weighted by Crippen LogP contribution is -2.40. The van der Waals surface area contributed by atoms with Gasteiger partial charge in [0.2, 0.25) is 0 Å². The van der Waals surface area contributed by atoms with Crippen LogP contribution in [-0.4, -0.2) is 42.6 Å². The molecule has 2 atom stereocenters. The third-order valence-corrected chi connectivity index (χ3v) is 4.48. The van der Waals surface area contributed by atoms with Gasteiger partial charge in [-0.15, -0.1) is 11.3 Å². The second-order valence-electron chi connectivity index (χ2n) is 4.81. The molecule has 4 nitrogen and oxygen atoms in total. The number of nitrogens with zero attached hydrogens (tertiary/aromatic N) is 1. The van der Waals surface area contributed by atoms with Crippen molar-refractivity contribution in [1.82, 2.24) is 4.90 Å². The highest BCUT2D eigenvalue weighted by Gasteiger charge is 2.32. The molecule has 1 aliphatic rings. The number of carbonyl (C=O) groups excluding carboxylic acids is 1. The molecular formula is C14H22N2O2S. The van der Waals surface area contributed by atoms with E-state index in [4.69, 9.17) is 10.5 Å². The van der Waals surface area contributed by atoms with E-state index in [1.807, 2.05) is 17.9 Å². The fourth-order valence-electron chi connectivity index (χ4n) is 2.39. The largest absolute Gasteiger partial charge is 0.364 e. The van der Waals surface area contributed by atoms with Gasteiger partial charge in [-0.2, -0.15) is 0 Å². The summed E-state index contributed by atoms with van der Waals surface area (Å²) in [7, 11) is 0. The minimum absolute atomic E-state index is 0.0601. The SMILES string of the molecule is CCN(CCc1cccs1)C(=O)[C@@H]1CC[C@H](CN)O1. The van der Waals surface area contributed by atoms with Crippen molar-refractivity contribution in [2.45, 2.75) is 38.4 Å². The first-order valence-corrected chi connectivity index (χ1v) is 7.79. The van der Waals surface area contributed by atoms with E-state index in [2.05, 4.69) is 11.4 Å². The Bertz CT molecular complexity index is 394. The van der Waals surface area contributed by atoms with Gasteiger partial charge in [-0.25, -0.2) is 0 Å². The summed E-state index contributed by atoms with van der Waals surface area (Å²) in [5, 5.41) is 2.07. The zero-order valence-corrected chi connectivity index (χ0v) is 12.2. The molecule has 1 amide bonds. The summed E-state index contributed by atoms with van der Waals surface area (Å²) in [5.41, 5.74) is 5.58. The van der Waals surface area contributed by atoms with Crippen LogP contribution >= 0.6 is 11.3 Å². The smallest absolute Gasteiger partial charge is 0.251 e. The van der Waals surface area contributed by atoms with Crippen molar-refractivity contribution in [3.63, 3.8) is 0 Å². The Morgan fingerprint density at radius 3 is 3.00 bits per heavy atom. The number of ether oxygens (including phenoxy) is 1. The predicted octanol–water partition coefficient (Wildman–Crippen LogP) is 1.65. The maximum absolute atomic E-state index is 12.4. The highest BCUT2D eigenvalue weighted by molar-refractivity contribution is 7.09. The first kappa shape index (κ1) is 14.5. The van der Waals surface area contributed by atoms with Crippen LogP contribution in [0, 0.1) is 0 Å². The standard InChI is InChI=1S/C14H22N2O2S/c1-2-16(8-7-12-4-3-9-19-12)14(17)13-6-5-11(10-15)18-13/h3-4,9,11,13H,2,5-8,10,15H2,1H3/t11-,13+/m1/s1. The van der Waals surface area contributed by atoms with Gasteiger partial charge in [0.15, 0.2) is 0 Å². The Labute approximate surface area is 118 Å². The Balaban J connectivity index is 1.85. The van der Waals surface area contributed by atoms with Gasteiger partial charge < -0.3 is 15.4 Å². The molecule has 1 aromatic rings. The fourth-order valence-corrected chi connectivity index (χ4v) is 3.09. The van der Waals surface area contributed by atoms with Crippen LogP contribution in [0.25, 0.3) is 0 Å². The number of rotatable bonds is 6. The van der Waals surface area contributed by atoms with Crippen LogP contribution in [0.1, 0.15) is 24.6 Å². The molecule has 1 fully saturated rings. The van der Waals surface area contributed by atoms with Crippen LogP contribution in [0.15, 0.2) is 17.5 Å². The molecule has 0 saturated carbocycles. The van der Waals surface area contributed by atoms with E-state index in [1.54, 1.807) is 11.3 Å². The number of thiophene rings is 1.